The quantitative estimate of drug-likeness (QED) is 0.785. The number of benzene rings is 2. The SMILES string of the molecule is CCCNC(C)Cc1ccc(-c2cc(F)ccc2Cl)cc1. The number of halogens is 2. The van der Waals surface area contributed by atoms with E-state index in [1.54, 1.807) is 6.07 Å². The van der Waals surface area contributed by atoms with Crippen molar-refractivity contribution in [1.29, 1.82) is 0 Å². The number of rotatable bonds is 6. The molecule has 1 unspecified atom stereocenters. The van der Waals surface area contributed by atoms with E-state index < -0.39 is 0 Å². The van der Waals surface area contributed by atoms with Crippen molar-refractivity contribution in [1.82, 2.24) is 5.32 Å². The van der Waals surface area contributed by atoms with E-state index in [1.807, 2.05) is 12.1 Å². The minimum atomic E-state index is -0.268. The van der Waals surface area contributed by atoms with Gasteiger partial charge in [-0.25, -0.2) is 4.39 Å². The van der Waals surface area contributed by atoms with Gasteiger partial charge in [0.15, 0.2) is 0 Å². The fourth-order valence-electron chi connectivity index (χ4n) is 2.36. The van der Waals surface area contributed by atoms with E-state index in [2.05, 4.69) is 31.3 Å². The topological polar surface area (TPSA) is 12.0 Å². The third-order valence-electron chi connectivity index (χ3n) is 3.48. The van der Waals surface area contributed by atoms with Crippen molar-refractivity contribution in [3.05, 3.63) is 58.9 Å². The van der Waals surface area contributed by atoms with Gasteiger partial charge in [-0.2, -0.15) is 0 Å². The Balaban J connectivity index is 2.10. The molecule has 112 valence electrons. The molecule has 0 heterocycles. The van der Waals surface area contributed by atoms with Gasteiger partial charge in [0.05, 0.1) is 0 Å². The third kappa shape index (κ3) is 4.55. The Bertz CT molecular complexity index is 580. The Morgan fingerprint density at radius 3 is 2.52 bits per heavy atom. The molecular formula is C18H21ClFN. The van der Waals surface area contributed by atoms with Crippen LogP contribution in [0, 0.1) is 5.82 Å². The molecule has 0 aliphatic heterocycles. The summed E-state index contributed by atoms with van der Waals surface area (Å²) in [6.07, 6.45) is 2.12. The van der Waals surface area contributed by atoms with Crippen LogP contribution in [0.25, 0.3) is 11.1 Å². The second-order valence-corrected chi connectivity index (χ2v) is 5.79. The van der Waals surface area contributed by atoms with Crippen molar-refractivity contribution < 1.29 is 4.39 Å². The lowest BCUT2D eigenvalue weighted by Gasteiger charge is -2.13. The summed E-state index contributed by atoms with van der Waals surface area (Å²) in [5.41, 5.74) is 2.94. The Kier molecular flexibility index (Phi) is 5.77. The Hall–Kier alpha value is -1.38. The monoisotopic (exact) mass is 305 g/mol. The van der Waals surface area contributed by atoms with Crippen LogP contribution in [-0.2, 0) is 6.42 Å². The first-order valence-electron chi connectivity index (χ1n) is 7.38. The van der Waals surface area contributed by atoms with Gasteiger partial charge >= 0.3 is 0 Å². The molecular weight excluding hydrogens is 285 g/mol. The largest absolute Gasteiger partial charge is 0.314 e. The molecule has 0 bridgehead atoms. The van der Waals surface area contributed by atoms with Gasteiger partial charge in [-0.1, -0.05) is 42.8 Å². The van der Waals surface area contributed by atoms with Gasteiger partial charge in [-0.05, 0) is 55.6 Å². The molecule has 0 aliphatic carbocycles. The second kappa shape index (κ2) is 7.58. The third-order valence-corrected chi connectivity index (χ3v) is 3.81. The Labute approximate surface area is 131 Å². The highest BCUT2D eigenvalue weighted by Crippen LogP contribution is 2.28. The summed E-state index contributed by atoms with van der Waals surface area (Å²) >= 11 is 6.14. The van der Waals surface area contributed by atoms with Crippen LogP contribution < -0.4 is 5.32 Å². The van der Waals surface area contributed by atoms with E-state index in [1.165, 1.54) is 17.7 Å². The smallest absolute Gasteiger partial charge is 0.123 e. The lowest BCUT2D eigenvalue weighted by Crippen LogP contribution is -2.28. The van der Waals surface area contributed by atoms with Crippen molar-refractivity contribution in [2.45, 2.75) is 32.7 Å². The molecule has 0 saturated heterocycles. The summed E-state index contributed by atoms with van der Waals surface area (Å²) in [6.45, 7) is 5.39. The van der Waals surface area contributed by atoms with Gasteiger partial charge in [0.25, 0.3) is 0 Å². The first-order chi connectivity index (χ1) is 10.1. The summed E-state index contributed by atoms with van der Waals surface area (Å²) in [5.74, 6) is -0.268. The average Bonchev–Trinajstić information content (AvgIpc) is 2.48. The molecule has 1 N–H and O–H groups in total. The van der Waals surface area contributed by atoms with Crippen LogP contribution in [0.5, 0.6) is 0 Å². The van der Waals surface area contributed by atoms with Gasteiger partial charge in [-0.3, -0.25) is 0 Å². The molecule has 0 amide bonds. The van der Waals surface area contributed by atoms with Crippen molar-refractivity contribution >= 4 is 11.6 Å². The van der Waals surface area contributed by atoms with E-state index in [9.17, 15) is 4.39 Å². The highest BCUT2D eigenvalue weighted by molar-refractivity contribution is 6.33. The summed E-state index contributed by atoms with van der Waals surface area (Å²) in [6, 6.07) is 13.1. The fourth-order valence-corrected chi connectivity index (χ4v) is 2.58. The molecule has 0 fully saturated rings. The maximum absolute atomic E-state index is 13.3. The van der Waals surface area contributed by atoms with Crippen molar-refractivity contribution in [3.63, 3.8) is 0 Å². The summed E-state index contributed by atoms with van der Waals surface area (Å²) in [5, 5.41) is 4.04. The van der Waals surface area contributed by atoms with Crippen LogP contribution >= 0.6 is 11.6 Å². The van der Waals surface area contributed by atoms with Crippen molar-refractivity contribution in [2.24, 2.45) is 0 Å². The van der Waals surface area contributed by atoms with E-state index in [4.69, 9.17) is 11.6 Å². The highest BCUT2D eigenvalue weighted by atomic mass is 35.5. The zero-order valence-electron chi connectivity index (χ0n) is 12.5. The summed E-state index contributed by atoms with van der Waals surface area (Å²) in [7, 11) is 0. The Morgan fingerprint density at radius 2 is 1.86 bits per heavy atom. The zero-order valence-corrected chi connectivity index (χ0v) is 13.3. The lowest BCUT2D eigenvalue weighted by atomic mass is 10.0. The molecule has 2 aromatic rings. The molecule has 21 heavy (non-hydrogen) atoms. The average molecular weight is 306 g/mol. The van der Waals surface area contributed by atoms with Crippen LogP contribution in [0.1, 0.15) is 25.8 Å². The van der Waals surface area contributed by atoms with Gasteiger partial charge < -0.3 is 5.32 Å². The molecule has 0 saturated carbocycles. The molecule has 0 radical (unpaired) electrons. The van der Waals surface area contributed by atoms with Crippen molar-refractivity contribution in [2.75, 3.05) is 6.54 Å². The summed E-state index contributed by atoms with van der Waals surface area (Å²) in [4.78, 5) is 0. The summed E-state index contributed by atoms with van der Waals surface area (Å²) < 4.78 is 13.3. The minimum absolute atomic E-state index is 0.268. The number of hydrogen-bond donors (Lipinski definition) is 1. The van der Waals surface area contributed by atoms with E-state index in [0.29, 0.717) is 11.1 Å². The van der Waals surface area contributed by atoms with Crippen LogP contribution in [0.3, 0.4) is 0 Å². The van der Waals surface area contributed by atoms with E-state index >= 15 is 0 Å². The van der Waals surface area contributed by atoms with Gasteiger partial charge in [0, 0.05) is 16.6 Å². The number of nitrogens with one attached hydrogen (secondary N) is 1. The van der Waals surface area contributed by atoms with E-state index in [-0.39, 0.29) is 5.82 Å². The predicted molar refractivity (Wildman–Crippen MR) is 88.3 cm³/mol. The van der Waals surface area contributed by atoms with Gasteiger partial charge in [0.2, 0.25) is 0 Å². The first kappa shape index (κ1) is 16.0. The normalized spacial score (nSPS) is 12.4. The van der Waals surface area contributed by atoms with Crippen LogP contribution in [-0.4, -0.2) is 12.6 Å². The van der Waals surface area contributed by atoms with Gasteiger partial charge in [0.1, 0.15) is 5.82 Å². The maximum atomic E-state index is 13.3. The van der Waals surface area contributed by atoms with Crippen LogP contribution in [0.4, 0.5) is 4.39 Å². The second-order valence-electron chi connectivity index (χ2n) is 5.38. The van der Waals surface area contributed by atoms with Crippen molar-refractivity contribution in [3.8, 4) is 11.1 Å². The molecule has 3 heteroatoms. The lowest BCUT2D eigenvalue weighted by molar-refractivity contribution is 0.543. The van der Waals surface area contributed by atoms with Crippen LogP contribution in [0.2, 0.25) is 5.02 Å². The fraction of sp³-hybridized carbons (Fsp3) is 0.333. The molecule has 0 aliphatic rings. The highest BCUT2D eigenvalue weighted by Gasteiger charge is 2.06. The molecule has 1 atom stereocenters. The zero-order chi connectivity index (χ0) is 15.2. The first-order valence-corrected chi connectivity index (χ1v) is 7.75. The molecule has 0 aromatic heterocycles. The standard InChI is InChI=1S/C18H21ClFN/c1-3-10-21-13(2)11-14-4-6-15(7-5-14)17-12-16(20)8-9-18(17)19/h4-9,12-13,21H,3,10-11H2,1-2H3. The minimum Gasteiger partial charge on any atom is -0.314 e. The van der Waals surface area contributed by atoms with E-state index in [0.717, 1.165) is 30.5 Å². The van der Waals surface area contributed by atoms with Crippen LogP contribution in [0.15, 0.2) is 42.5 Å². The molecule has 0 spiro atoms. The molecule has 2 aromatic carbocycles. The molecule has 2 rings (SSSR count). The number of hydrogen-bond acceptors (Lipinski definition) is 1. The van der Waals surface area contributed by atoms with Gasteiger partial charge in [-0.15, -0.1) is 0 Å². The Morgan fingerprint density at radius 1 is 1.14 bits per heavy atom. The maximum Gasteiger partial charge on any atom is 0.123 e. The predicted octanol–water partition coefficient (Wildman–Crippen LogP) is 5.08. The molecule has 1 nitrogen and oxygen atoms in total.